The lowest BCUT2D eigenvalue weighted by Gasteiger charge is -2.30. The summed E-state index contributed by atoms with van der Waals surface area (Å²) in [6, 6.07) is 11.1. The molecule has 0 unspecified atom stereocenters. The van der Waals surface area contributed by atoms with Crippen LogP contribution in [0, 0.1) is 10.1 Å². The van der Waals surface area contributed by atoms with Gasteiger partial charge in [-0.1, -0.05) is 19.1 Å². The second-order valence-electron chi connectivity index (χ2n) is 6.52. The smallest absolute Gasteiger partial charge is 0.272 e. The lowest BCUT2D eigenvalue weighted by molar-refractivity contribution is -0.384. The molecule has 0 aromatic heterocycles. The number of carbonyl (C=O) groups excluding carboxylic acids is 2. The Labute approximate surface area is 167 Å². The van der Waals surface area contributed by atoms with Gasteiger partial charge in [0.15, 0.2) is 0 Å². The largest absolute Gasteiger partial charge is 0.378 e. The average molecular weight is 398 g/mol. The molecule has 2 aromatic carbocycles. The number of hydrazine groups is 1. The van der Waals surface area contributed by atoms with Gasteiger partial charge < -0.3 is 9.64 Å². The Morgan fingerprint density at radius 3 is 2.34 bits per heavy atom. The Kier molecular flexibility index (Phi) is 6.40. The van der Waals surface area contributed by atoms with E-state index in [1.807, 2.05) is 24.0 Å². The number of amides is 2. The molecule has 152 valence electrons. The van der Waals surface area contributed by atoms with Gasteiger partial charge in [0.2, 0.25) is 0 Å². The topological polar surface area (TPSA) is 114 Å². The molecule has 0 atom stereocenters. The average Bonchev–Trinajstić information content (AvgIpc) is 2.77. The molecule has 29 heavy (non-hydrogen) atoms. The fourth-order valence-electron chi connectivity index (χ4n) is 3.04. The second kappa shape index (κ2) is 9.16. The minimum Gasteiger partial charge on any atom is -0.378 e. The van der Waals surface area contributed by atoms with E-state index in [4.69, 9.17) is 4.74 Å². The maximum Gasteiger partial charge on any atom is 0.272 e. The van der Waals surface area contributed by atoms with Gasteiger partial charge in [0.25, 0.3) is 17.5 Å². The van der Waals surface area contributed by atoms with Crippen molar-refractivity contribution in [1.82, 2.24) is 10.9 Å². The monoisotopic (exact) mass is 398 g/mol. The number of nitrogens with one attached hydrogen (secondary N) is 2. The summed E-state index contributed by atoms with van der Waals surface area (Å²) in [7, 11) is 0. The van der Waals surface area contributed by atoms with Crippen LogP contribution in [0.1, 0.15) is 33.2 Å². The standard InChI is InChI=1S/C20H22N4O5/c1-2-14-3-5-15(6-4-14)19(25)21-22-20(26)17-13-16(24(27)28)7-8-18(17)23-9-11-29-12-10-23/h3-8,13H,2,9-12H2,1H3,(H,21,25)(H,22,26). The predicted molar refractivity (Wildman–Crippen MR) is 107 cm³/mol. The van der Waals surface area contributed by atoms with Gasteiger partial charge >= 0.3 is 0 Å². The highest BCUT2D eigenvalue weighted by Gasteiger charge is 2.22. The van der Waals surface area contributed by atoms with Crippen molar-refractivity contribution in [2.75, 3.05) is 31.2 Å². The Morgan fingerprint density at radius 1 is 1.07 bits per heavy atom. The molecule has 1 fully saturated rings. The van der Waals surface area contributed by atoms with E-state index in [1.54, 1.807) is 18.2 Å². The van der Waals surface area contributed by atoms with Crippen LogP contribution >= 0.6 is 0 Å². The van der Waals surface area contributed by atoms with Gasteiger partial charge in [0.05, 0.1) is 29.4 Å². The van der Waals surface area contributed by atoms with Crippen molar-refractivity contribution < 1.29 is 19.2 Å². The van der Waals surface area contributed by atoms with Gasteiger partial charge in [-0.2, -0.15) is 0 Å². The fraction of sp³-hybridized carbons (Fsp3) is 0.300. The van der Waals surface area contributed by atoms with E-state index in [0.717, 1.165) is 12.0 Å². The lowest BCUT2D eigenvalue weighted by Crippen LogP contribution is -2.43. The first-order valence-corrected chi connectivity index (χ1v) is 9.30. The Morgan fingerprint density at radius 2 is 1.72 bits per heavy atom. The SMILES string of the molecule is CCc1ccc(C(=O)NNC(=O)c2cc([N+](=O)[O-])ccc2N2CCOCC2)cc1. The van der Waals surface area contributed by atoms with Crippen molar-refractivity contribution in [3.63, 3.8) is 0 Å². The molecule has 0 radical (unpaired) electrons. The van der Waals surface area contributed by atoms with Gasteiger partial charge in [-0.3, -0.25) is 30.6 Å². The van der Waals surface area contributed by atoms with Crippen LogP contribution in [0.4, 0.5) is 11.4 Å². The summed E-state index contributed by atoms with van der Waals surface area (Å²) < 4.78 is 5.32. The predicted octanol–water partition coefficient (Wildman–Crippen LogP) is 2.07. The highest BCUT2D eigenvalue weighted by atomic mass is 16.6. The summed E-state index contributed by atoms with van der Waals surface area (Å²) in [4.78, 5) is 37.5. The molecule has 9 heteroatoms. The van der Waals surface area contributed by atoms with Crippen LogP contribution in [0.5, 0.6) is 0 Å². The summed E-state index contributed by atoms with van der Waals surface area (Å²) in [6.45, 7) is 4.15. The first-order chi connectivity index (χ1) is 14.0. The maximum atomic E-state index is 12.7. The summed E-state index contributed by atoms with van der Waals surface area (Å²) in [5.74, 6) is -1.10. The van der Waals surface area contributed by atoms with Crippen LogP contribution < -0.4 is 15.8 Å². The van der Waals surface area contributed by atoms with E-state index in [-0.39, 0.29) is 11.3 Å². The molecule has 1 saturated heterocycles. The summed E-state index contributed by atoms with van der Waals surface area (Å²) >= 11 is 0. The van der Waals surface area contributed by atoms with Crippen LogP contribution in [-0.2, 0) is 11.2 Å². The van der Waals surface area contributed by atoms with Gasteiger partial charge in [0, 0.05) is 30.8 Å². The number of non-ortho nitro benzene ring substituents is 1. The molecule has 1 heterocycles. The molecule has 1 aliphatic heterocycles. The maximum absolute atomic E-state index is 12.7. The first-order valence-electron chi connectivity index (χ1n) is 9.30. The highest BCUT2D eigenvalue weighted by Crippen LogP contribution is 2.26. The number of anilines is 1. The van der Waals surface area contributed by atoms with Gasteiger partial charge in [-0.25, -0.2) is 0 Å². The zero-order valence-electron chi connectivity index (χ0n) is 16.0. The molecule has 3 rings (SSSR count). The number of benzene rings is 2. The summed E-state index contributed by atoms with van der Waals surface area (Å²) in [6.07, 6.45) is 0.857. The Bertz CT molecular complexity index is 908. The number of carbonyl (C=O) groups is 2. The molecule has 0 spiro atoms. The van der Waals surface area contributed by atoms with Crippen LogP contribution in [0.2, 0.25) is 0 Å². The molecular weight excluding hydrogens is 376 g/mol. The zero-order valence-corrected chi connectivity index (χ0v) is 16.0. The quantitative estimate of drug-likeness (QED) is 0.589. The Hall–Kier alpha value is -3.46. The number of hydrogen-bond donors (Lipinski definition) is 2. The van der Waals surface area contributed by atoms with Crippen LogP contribution in [0.15, 0.2) is 42.5 Å². The minimum absolute atomic E-state index is 0.114. The van der Waals surface area contributed by atoms with E-state index in [0.29, 0.717) is 37.6 Å². The molecule has 2 amide bonds. The van der Waals surface area contributed by atoms with Crippen molar-refractivity contribution in [3.8, 4) is 0 Å². The zero-order chi connectivity index (χ0) is 20.8. The van der Waals surface area contributed by atoms with Crippen molar-refractivity contribution in [1.29, 1.82) is 0 Å². The van der Waals surface area contributed by atoms with Gasteiger partial charge in [-0.05, 0) is 30.2 Å². The van der Waals surface area contributed by atoms with Crippen molar-refractivity contribution in [3.05, 3.63) is 69.3 Å². The summed E-state index contributed by atoms with van der Waals surface area (Å²) in [5.41, 5.74) is 6.67. The highest BCUT2D eigenvalue weighted by molar-refractivity contribution is 6.02. The number of nitro groups is 1. The number of ether oxygens (including phenoxy) is 1. The van der Waals surface area contributed by atoms with Crippen molar-refractivity contribution in [2.45, 2.75) is 13.3 Å². The van der Waals surface area contributed by atoms with E-state index >= 15 is 0 Å². The molecule has 0 saturated carbocycles. The van der Waals surface area contributed by atoms with Crippen molar-refractivity contribution >= 4 is 23.2 Å². The van der Waals surface area contributed by atoms with Crippen molar-refractivity contribution in [2.24, 2.45) is 0 Å². The van der Waals surface area contributed by atoms with E-state index in [1.165, 1.54) is 12.1 Å². The number of nitro benzene ring substituents is 1. The van der Waals surface area contributed by atoms with Gasteiger partial charge in [-0.15, -0.1) is 0 Å². The molecule has 1 aliphatic rings. The third-order valence-electron chi connectivity index (χ3n) is 4.70. The molecular formula is C20H22N4O5. The van der Waals surface area contributed by atoms with Crippen LogP contribution in [0.25, 0.3) is 0 Å². The number of morpholine rings is 1. The minimum atomic E-state index is -0.631. The third kappa shape index (κ3) is 4.88. The van der Waals surface area contributed by atoms with Gasteiger partial charge in [0.1, 0.15) is 0 Å². The van der Waals surface area contributed by atoms with E-state index < -0.39 is 16.7 Å². The number of rotatable bonds is 5. The number of hydrogen-bond acceptors (Lipinski definition) is 6. The second-order valence-corrected chi connectivity index (χ2v) is 6.52. The van der Waals surface area contributed by atoms with E-state index in [2.05, 4.69) is 10.9 Å². The molecule has 0 aliphatic carbocycles. The molecule has 0 bridgehead atoms. The molecule has 2 N–H and O–H groups in total. The first kappa shape index (κ1) is 20.3. The summed E-state index contributed by atoms with van der Waals surface area (Å²) in [5, 5.41) is 11.1. The van der Waals surface area contributed by atoms with Crippen LogP contribution in [0.3, 0.4) is 0 Å². The normalized spacial score (nSPS) is 13.6. The number of aryl methyl sites for hydroxylation is 1. The molecule has 9 nitrogen and oxygen atoms in total. The molecule has 2 aromatic rings. The Balaban J connectivity index is 1.76. The third-order valence-corrected chi connectivity index (χ3v) is 4.70. The van der Waals surface area contributed by atoms with E-state index in [9.17, 15) is 19.7 Å². The lowest BCUT2D eigenvalue weighted by atomic mass is 10.1. The van der Waals surface area contributed by atoms with Crippen LogP contribution in [-0.4, -0.2) is 43.0 Å². The number of nitrogens with zero attached hydrogens (tertiary/aromatic N) is 2. The fourth-order valence-corrected chi connectivity index (χ4v) is 3.04.